The molecule has 276 valence electrons. The summed E-state index contributed by atoms with van der Waals surface area (Å²) in [6.07, 6.45) is 0. The van der Waals surface area contributed by atoms with Crippen LogP contribution < -0.4 is 0 Å². The van der Waals surface area contributed by atoms with Crippen LogP contribution >= 0.6 is 11.8 Å². The first-order chi connectivity index (χ1) is 29.3. The Labute approximate surface area is 343 Å². The van der Waals surface area contributed by atoms with Crippen LogP contribution in [0, 0.1) is 0 Å². The summed E-state index contributed by atoms with van der Waals surface area (Å²) in [4.78, 5) is 12.3. The van der Waals surface area contributed by atoms with Crippen molar-refractivity contribution in [3.63, 3.8) is 0 Å². The summed E-state index contributed by atoms with van der Waals surface area (Å²) >= 11 is 1.87. The summed E-state index contributed by atoms with van der Waals surface area (Å²) in [5.74, 6) is 0.698. The SMILES string of the molecule is c1ccc(-c2cccc(C3=NC(c4cccc5c4oc4cccc(-n6c7ccc8ccccc8c7c7ccc8ccccc8c76)c45)=NC4c5ccccc5SC34)c2)cc1. The van der Waals surface area contributed by atoms with Gasteiger partial charge in [0.15, 0.2) is 5.84 Å². The standard InChI is InChI=1S/C54H33N3OS/c1-2-13-32(14-3-1)35-17-10-18-36(31-35)49-53-50(39-21-8-9-26-46(39)59-53)56-54(55-49)42-23-11-22-41-48-43(24-12-25-45(48)58-52(41)42)57-44-30-28-33-15-4-6-19-37(33)47(44)40-29-27-34-16-5-7-20-38(34)51(40)57/h1-31,50,53H. The van der Waals surface area contributed by atoms with Gasteiger partial charge >= 0.3 is 0 Å². The molecule has 0 bridgehead atoms. The molecule has 2 unspecified atom stereocenters. The Bertz CT molecular complexity index is 3610. The van der Waals surface area contributed by atoms with E-state index in [1.165, 1.54) is 64.9 Å². The molecule has 4 heterocycles. The second kappa shape index (κ2) is 12.6. The summed E-state index contributed by atoms with van der Waals surface area (Å²) in [5.41, 5.74) is 11.7. The highest BCUT2D eigenvalue weighted by molar-refractivity contribution is 8.01. The molecule has 2 atom stereocenters. The third-order valence-electron chi connectivity index (χ3n) is 12.3. The molecule has 2 aromatic heterocycles. The molecule has 9 aromatic carbocycles. The summed E-state index contributed by atoms with van der Waals surface area (Å²) in [5, 5.41) is 9.57. The molecular formula is C54H33N3OS. The van der Waals surface area contributed by atoms with Gasteiger partial charge in [0.2, 0.25) is 0 Å². The van der Waals surface area contributed by atoms with E-state index in [4.69, 9.17) is 14.4 Å². The number of thioether (sulfide) groups is 1. The predicted molar refractivity (Wildman–Crippen MR) is 247 cm³/mol. The van der Waals surface area contributed by atoms with Gasteiger partial charge in [0, 0.05) is 26.4 Å². The van der Waals surface area contributed by atoms with Gasteiger partial charge in [-0.15, -0.1) is 11.8 Å². The molecule has 13 rings (SSSR count). The van der Waals surface area contributed by atoms with Gasteiger partial charge in [-0.2, -0.15) is 0 Å². The van der Waals surface area contributed by atoms with Crippen molar-refractivity contribution in [3.05, 3.63) is 205 Å². The minimum absolute atomic E-state index is 0.0601. The lowest BCUT2D eigenvalue weighted by Gasteiger charge is -2.24. The normalized spacial score (nSPS) is 16.3. The van der Waals surface area contributed by atoms with Gasteiger partial charge in [0.1, 0.15) is 11.2 Å². The van der Waals surface area contributed by atoms with E-state index < -0.39 is 0 Å². The molecule has 0 saturated carbocycles. The van der Waals surface area contributed by atoms with Crippen LogP contribution in [0.2, 0.25) is 0 Å². The van der Waals surface area contributed by atoms with E-state index in [0.29, 0.717) is 5.84 Å². The van der Waals surface area contributed by atoms with E-state index >= 15 is 0 Å². The smallest absolute Gasteiger partial charge is 0.159 e. The van der Waals surface area contributed by atoms with Crippen LogP contribution in [0.3, 0.4) is 0 Å². The number of aliphatic imine (C=N–C) groups is 2. The Morgan fingerprint density at radius 1 is 0.525 bits per heavy atom. The van der Waals surface area contributed by atoms with Gasteiger partial charge in [0.05, 0.1) is 44.7 Å². The second-order valence-corrected chi connectivity index (χ2v) is 16.7. The molecule has 0 N–H and O–H groups in total. The molecule has 0 spiro atoms. The van der Waals surface area contributed by atoms with Crippen molar-refractivity contribution < 1.29 is 4.42 Å². The largest absolute Gasteiger partial charge is 0.455 e. The van der Waals surface area contributed by atoms with Gasteiger partial charge < -0.3 is 8.98 Å². The fourth-order valence-electron chi connectivity index (χ4n) is 9.71. The number of amidine groups is 1. The lowest BCUT2D eigenvalue weighted by Crippen LogP contribution is -2.28. The number of fused-ring (bicyclic) bond motifs is 13. The van der Waals surface area contributed by atoms with Crippen molar-refractivity contribution in [1.29, 1.82) is 0 Å². The number of para-hydroxylation sites is 1. The van der Waals surface area contributed by atoms with E-state index in [1.54, 1.807) is 0 Å². The molecule has 0 aliphatic carbocycles. The van der Waals surface area contributed by atoms with E-state index in [1.807, 2.05) is 11.8 Å². The van der Waals surface area contributed by atoms with Crippen LogP contribution in [-0.2, 0) is 0 Å². The van der Waals surface area contributed by atoms with Crippen molar-refractivity contribution in [2.45, 2.75) is 16.2 Å². The van der Waals surface area contributed by atoms with E-state index in [-0.39, 0.29) is 11.3 Å². The van der Waals surface area contributed by atoms with Gasteiger partial charge in [-0.05, 0) is 74.8 Å². The van der Waals surface area contributed by atoms with Crippen LogP contribution in [0.5, 0.6) is 0 Å². The Balaban J connectivity index is 1.06. The van der Waals surface area contributed by atoms with Gasteiger partial charge in [-0.3, -0.25) is 4.99 Å². The molecule has 0 amide bonds. The summed E-state index contributed by atoms with van der Waals surface area (Å²) in [6, 6.07) is 67.4. The molecule has 0 fully saturated rings. The van der Waals surface area contributed by atoms with Crippen molar-refractivity contribution in [2.75, 3.05) is 0 Å². The van der Waals surface area contributed by atoms with Crippen molar-refractivity contribution in [3.8, 4) is 16.8 Å². The number of hydrogen-bond acceptors (Lipinski definition) is 4. The number of aromatic nitrogens is 1. The molecule has 59 heavy (non-hydrogen) atoms. The van der Waals surface area contributed by atoms with Gasteiger partial charge in [-0.25, -0.2) is 4.99 Å². The van der Waals surface area contributed by atoms with Crippen LogP contribution in [0.15, 0.2) is 207 Å². The Kier molecular flexibility index (Phi) is 7.04. The quantitative estimate of drug-likeness (QED) is 0.179. The highest BCUT2D eigenvalue weighted by Gasteiger charge is 2.40. The van der Waals surface area contributed by atoms with E-state index in [9.17, 15) is 0 Å². The zero-order valence-electron chi connectivity index (χ0n) is 31.7. The summed E-state index contributed by atoms with van der Waals surface area (Å²) in [7, 11) is 0. The average Bonchev–Trinajstić information content (AvgIpc) is 3.99. The Morgan fingerprint density at radius 2 is 1.24 bits per heavy atom. The summed E-state index contributed by atoms with van der Waals surface area (Å²) in [6.45, 7) is 0. The Hall–Kier alpha value is -7.21. The van der Waals surface area contributed by atoms with Crippen molar-refractivity contribution >= 4 is 88.6 Å². The third-order valence-corrected chi connectivity index (χ3v) is 13.7. The van der Waals surface area contributed by atoms with Gasteiger partial charge in [0.25, 0.3) is 0 Å². The number of benzene rings is 9. The number of nitrogens with zero attached hydrogens (tertiary/aromatic N) is 3. The zero-order chi connectivity index (χ0) is 38.6. The highest BCUT2D eigenvalue weighted by atomic mass is 32.2. The number of hydrogen-bond donors (Lipinski definition) is 0. The first-order valence-electron chi connectivity index (χ1n) is 20.1. The minimum Gasteiger partial charge on any atom is -0.455 e. The second-order valence-electron chi connectivity index (χ2n) is 15.6. The molecule has 4 nitrogen and oxygen atoms in total. The van der Waals surface area contributed by atoms with Crippen LogP contribution in [0.25, 0.3) is 82.1 Å². The molecule has 0 radical (unpaired) electrons. The lowest BCUT2D eigenvalue weighted by molar-refractivity contribution is 0.667. The lowest BCUT2D eigenvalue weighted by atomic mass is 9.93. The molecule has 0 saturated heterocycles. The highest BCUT2D eigenvalue weighted by Crippen LogP contribution is 2.50. The first-order valence-corrected chi connectivity index (χ1v) is 21.0. The summed E-state index contributed by atoms with van der Waals surface area (Å²) < 4.78 is 9.45. The van der Waals surface area contributed by atoms with Crippen LogP contribution in [-0.4, -0.2) is 21.4 Å². The molecule has 5 heteroatoms. The fourth-order valence-corrected chi connectivity index (χ4v) is 11.1. The van der Waals surface area contributed by atoms with Gasteiger partial charge in [-0.1, -0.05) is 152 Å². The molecule has 11 aromatic rings. The Morgan fingerprint density at radius 3 is 2.15 bits per heavy atom. The molecule has 2 aliphatic rings. The minimum atomic E-state index is -0.0741. The van der Waals surface area contributed by atoms with Crippen LogP contribution in [0.4, 0.5) is 0 Å². The topological polar surface area (TPSA) is 42.8 Å². The maximum Gasteiger partial charge on any atom is 0.159 e. The monoisotopic (exact) mass is 771 g/mol. The third kappa shape index (κ3) is 4.86. The van der Waals surface area contributed by atoms with E-state index in [2.05, 4.69) is 193 Å². The predicted octanol–water partition coefficient (Wildman–Crippen LogP) is 14.1. The zero-order valence-corrected chi connectivity index (χ0v) is 32.5. The average molecular weight is 772 g/mol. The van der Waals surface area contributed by atoms with E-state index in [0.717, 1.165) is 44.5 Å². The van der Waals surface area contributed by atoms with Crippen molar-refractivity contribution in [1.82, 2.24) is 4.57 Å². The number of furan rings is 1. The maximum absolute atomic E-state index is 6.99. The molecule has 2 aliphatic heterocycles. The van der Waals surface area contributed by atoms with Crippen molar-refractivity contribution in [2.24, 2.45) is 9.98 Å². The molecular weight excluding hydrogens is 739 g/mol. The number of rotatable bonds is 4. The van der Waals surface area contributed by atoms with Crippen LogP contribution in [0.1, 0.15) is 22.7 Å². The fraction of sp³-hybridized carbons (Fsp3) is 0.0370. The maximum atomic E-state index is 6.99. The first kappa shape index (κ1) is 32.8.